The summed E-state index contributed by atoms with van der Waals surface area (Å²) in [6, 6.07) is 43.8. The average molecular weight is 666 g/mol. The number of para-hydroxylation sites is 2. The molecule has 5 aromatic carbocycles. The minimum atomic E-state index is 0.485. The molecule has 0 atom stereocenters. The summed E-state index contributed by atoms with van der Waals surface area (Å²) in [4.78, 5) is 0. The quantitative estimate of drug-likeness (QED) is 0.101. The van der Waals surface area contributed by atoms with E-state index in [9.17, 15) is 15.8 Å². The lowest BCUT2D eigenvalue weighted by Gasteiger charge is -2.17. The summed E-state index contributed by atoms with van der Waals surface area (Å²) in [6.45, 7) is 5.69. The Hall–Kier alpha value is -7.35. The normalized spacial score (nSPS) is 12.2. The van der Waals surface area contributed by atoms with Crippen molar-refractivity contribution in [2.75, 3.05) is 0 Å². The van der Waals surface area contributed by atoms with Gasteiger partial charge in [-0.3, -0.25) is 0 Å². The van der Waals surface area contributed by atoms with Crippen molar-refractivity contribution in [2.45, 2.75) is 19.8 Å². The van der Waals surface area contributed by atoms with Crippen LogP contribution in [0, 0.1) is 40.9 Å². The zero-order valence-corrected chi connectivity index (χ0v) is 28.6. The molecule has 52 heavy (non-hydrogen) atoms. The van der Waals surface area contributed by atoms with Crippen molar-refractivity contribution in [3.05, 3.63) is 173 Å². The standard InChI is InChI=1S/C47H31N5/c1-3-10-32(28-48)25-42-31(2)51(45-15-8-5-12-40(42)45)37-21-18-34(19-22-37)38-23-20-35(27-36(38)30-50)39-11-4-7-14-44(39)52-46-16-9-6-13-41(46)43-26-33(29-49)17-24-47(43)52/h4-5,7-12,14-27H,1,6,13H2,2H3/b32-25+. The van der Waals surface area contributed by atoms with E-state index in [1.807, 2.05) is 60.7 Å². The van der Waals surface area contributed by atoms with Crippen LogP contribution in [0.3, 0.4) is 0 Å². The van der Waals surface area contributed by atoms with E-state index >= 15 is 0 Å². The van der Waals surface area contributed by atoms with E-state index in [1.54, 1.807) is 6.08 Å². The van der Waals surface area contributed by atoms with Crippen LogP contribution in [-0.4, -0.2) is 9.13 Å². The van der Waals surface area contributed by atoms with E-state index in [2.05, 4.69) is 113 Å². The summed E-state index contributed by atoms with van der Waals surface area (Å²) in [5, 5.41) is 31.9. The van der Waals surface area contributed by atoms with Crippen LogP contribution in [0.1, 0.15) is 40.1 Å². The van der Waals surface area contributed by atoms with Gasteiger partial charge in [0.15, 0.2) is 0 Å². The maximum Gasteiger partial charge on any atom is 0.0998 e. The molecule has 0 bridgehead atoms. The highest BCUT2D eigenvalue weighted by Gasteiger charge is 2.21. The SMILES string of the molecule is C=C=C/C(C#N)=C\c1c(C)n(-c2ccc(-c3ccc(-c4ccccc4-n4c5c(c6cc(C#N)ccc64)CCC=C5)cc3C#N)cc2)c2ccccc12. The Morgan fingerprint density at radius 3 is 2.31 bits per heavy atom. The van der Waals surface area contributed by atoms with Gasteiger partial charge < -0.3 is 9.13 Å². The number of aromatic nitrogens is 2. The van der Waals surface area contributed by atoms with Gasteiger partial charge >= 0.3 is 0 Å². The van der Waals surface area contributed by atoms with E-state index in [0.29, 0.717) is 16.7 Å². The number of aryl methyl sites for hydroxylation is 1. The third-order valence-electron chi connectivity index (χ3n) is 9.96. The molecule has 0 unspecified atom stereocenters. The smallest absolute Gasteiger partial charge is 0.0998 e. The number of fused-ring (bicyclic) bond motifs is 4. The highest BCUT2D eigenvalue weighted by Crippen LogP contribution is 2.39. The fourth-order valence-electron chi connectivity index (χ4n) is 7.60. The number of benzene rings is 5. The van der Waals surface area contributed by atoms with E-state index in [1.165, 1.54) is 5.56 Å². The van der Waals surface area contributed by atoms with Gasteiger partial charge in [0.2, 0.25) is 0 Å². The third-order valence-corrected chi connectivity index (χ3v) is 9.96. The molecule has 0 fully saturated rings. The van der Waals surface area contributed by atoms with E-state index in [4.69, 9.17) is 0 Å². The Bertz CT molecular complexity index is 2830. The minimum absolute atomic E-state index is 0.485. The molecular weight excluding hydrogens is 635 g/mol. The molecule has 5 nitrogen and oxygen atoms in total. The maximum atomic E-state index is 10.4. The van der Waals surface area contributed by atoms with Crippen molar-refractivity contribution in [3.63, 3.8) is 0 Å². The Labute approximate surface area is 302 Å². The van der Waals surface area contributed by atoms with E-state index in [-0.39, 0.29) is 0 Å². The highest BCUT2D eigenvalue weighted by molar-refractivity contribution is 5.95. The Morgan fingerprint density at radius 1 is 0.750 bits per heavy atom. The summed E-state index contributed by atoms with van der Waals surface area (Å²) in [5.41, 5.74) is 16.7. The molecule has 0 N–H and O–H groups in total. The predicted molar refractivity (Wildman–Crippen MR) is 210 cm³/mol. The van der Waals surface area contributed by atoms with Crippen molar-refractivity contribution in [3.8, 4) is 51.8 Å². The van der Waals surface area contributed by atoms with Crippen molar-refractivity contribution in [2.24, 2.45) is 0 Å². The Balaban J connectivity index is 1.20. The van der Waals surface area contributed by atoms with Crippen molar-refractivity contribution < 1.29 is 0 Å². The van der Waals surface area contributed by atoms with Gasteiger partial charge in [-0.1, -0.05) is 73.3 Å². The van der Waals surface area contributed by atoms with Crippen LogP contribution in [0.4, 0.5) is 0 Å². The van der Waals surface area contributed by atoms with Gasteiger partial charge in [0.05, 0.1) is 51.6 Å². The molecule has 7 aromatic rings. The molecule has 0 saturated heterocycles. The number of allylic oxidation sites excluding steroid dienone is 3. The summed E-state index contributed by atoms with van der Waals surface area (Å²) in [6.07, 6.45) is 9.77. The summed E-state index contributed by atoms with van der Waals surface area (Å²) in [5.74, 6) is 0. The molecule has 8 rings (SSSR count). The van der Waals surface area contributed by atoms with E-state index < -0.39 is 0 Å². The molecule has 1 aliphatic carbocycles. The van der Waals surface area contributed by atoms with Gasteiger partial charge in [-0.25, -0.2) is 0 Å². The van der Waals surface area contributed by atoms with Gasteiger partial charge in [-0.15, -0.1) is 5.73 Å². The molecule has 1 aliphatic rings. The van der Waals surface area contributed by atoms with Crippen LogP contribution in [-0.2, 0) is 6.42 Å². The largest absolute Gasteiger partial charge is 0.313 e. The van der Waals surface area contributed by atoms with Crippen LogP contribution in [0.15, 0.2) is 139 Å². The zero-order chi connectivity index (χ0) is 35.8. The second kappa shape index (κ2) is 13.2. The first kappa shape index (κ1) is 31.9. The van der Waals surface area contributed by atoms with Crippen LogP contribution < -0.4 is 0 Å². The van der Waals surface area contributed by atoms with Crippen LogP contribution in [0.5, 0.6) is 0 Å². The van der Waals surface area contributed by atoms with Crippen molar-refractivity contribution in [1.82, 2.24) is 9.13 Å². The van der Waals surface area contributed by atoms with Crippen molar-refractivity contribution in [1.29, 1.82) is 15.8 Å². The molecule has 0 amide bonds. The molecule has 0 spiro atoms. The molecule has 2 heterocycles. The summed E-state index contributed by atoms with van der Waals surface area (Å²) >= 11 is 0. The van der Waals surface area contributed by atoms with Crippen molar-refractivity contribution >= 4 is 34.0 Å². The van der Waals surface area contributed by atoms with Gasteiger partial charge in [0.25, 0.3) is 0 Å². The Morgan fingerprint density at radius 2 is 1.52 bits per heavy atom. The molecule has 0 aliphatic heterocycles. The topological polar surface area (TPSA) is 81.2 Å². The first-order chi connectivity index (χ1) is 25.5. The Kier molecular flexibility index (Phi) is 8.08. The zero-order valence-electron chi connectivity index (χ0n) is 28.6. The fraction of sp³-hybridized carbons (Fsp3) is 0.0638. The maximum absolute atomic E-state index is 10.4. The average Bonchev–Trinajstić information content (AvgIpc) is 3.67. The van der Waals surface area contributed by atoms with E-state index in [0.717, 1.165) is 85.2 Å². The van der Waals surface area contributed by atoms with Crippen LogP contribution in [0.25, 0.3) is 67.6 Å². The third kappa shape index (κ3) is 5.26. The molecule has 244 valence electrons. The lowest BCUT2D eigenvalue weighted by atomic mass is 9.94. The summed E-state index contributed by atoms with van der Waals surface area (Å²) in [7, 11) is 0. The number of hydrogen-bond acceptors (Lipinski definition) is 3. The van der Waals surface area contributed by atoms with Crippen LogP contribution >= 0.6 is 0 Å². The number of rotatable bonds is 6. The number of nitriles is 3. The molecule has 0 radical (unpaired) electrons. The van der Waals surface area contributed by atoms with Gasteiger partial charge in [-0.2, -0.15) is 15.8 Å². The first-order valence-corrected chi connectivity index (χ1v) is 17.1. The summed E-state index contributed by atoms with van der Waals surface area (Å²) < 4.78 is 4.49. The lowest BCUT2D eigenvalue weighted by Crippen LogP contribution is -2.02. The fourth-order valence-corrected chi connectivity index (χ4v) is 7.60. The van der Waals surface area contributed by atoms with Gasteiger partial charge in [0.1, 0.15) is 0 Å². The monoisotopic (exact) mass is 665 g/mol. The number of nitrogens with zero attached hydrogens (tertiary/aromatic N) is 5. The molecular formula is C47H31N5. The second-order valence-electron chi connectivity index (χ2n) is 12.8. The lowest BCUT2D eigenvalue weighted by molar-refractivity contribution is 0.968. The minimum Gasteiger partial charge on any atom is -0.313 e. The van der Waals surface area contributed by atoms with Gasteiger partial charge in [0, 0.05) is 39.0 Å². The first-order valence-electron chi connectivity index (χ1n) is 17.1. The highest BCUT2D eigenvalue weighted by atomic mass is 15.0. The van der Waals surface area contributed by atoms with Crippen LogP contribution in [0.2, 0.25) is 0 Å². The molecule has 0 saturated carbocycles. The second-order valence-corrected chi connectivity index (χ2v) is 12.8. The number of hydrogen-bond donors (Lipinski definition) is 0. The molecule has 2 aromatic heterocycles. The van der Waals surface area contributed by atoms with Gasteiger partial charge in [-0.05, 0) is 109 Å². The predicted octanol–water partition coefficient (Wildman–Crippen LogP) is 11.2. The molecule has 5 heteroatoms.